The van der Waals surface area contributed by atoms with Crippen LogP contribution in [0.1, 0.15) is 16.3 Å². The SMILES string of the molecule is NCc1ccc(C(=O)Nc2ccc(Cl)cc2F)o1. The average Bonchev–Trinajstić information content (AvgIpc) is 2.81. The lowest BCUT2D eigenvalue weighted by Crippen LogP contribution is -2.12. The Morgan fingerprint density at radius 3 is 2.78 bits per heavy atom. The molecule has 4 nitrogen and oxygen atoms in total. The molecule has 0 aliphatic heterocycles. The zero-order valence-electron chi connectivity index (χ0n) is 9.24. The highest BCUT2D eigenvalue weighted by Gasteiger charge is 2.13. The maximum Gasteiger partial charge on any atom is 0.291 e. The summed E-state index contributed by atoms with van der Waals surface area (Å²) in [6.45, 7) is 0.197. The summed E-state index contributed by atoms with van der Waals surface area (Å²) in [5.41, 5.74) is 5.39. The summed E-state index contributed by atoms with van der Waals surface area (Å²) in [6.07, 6.45) is 0. The number of carbonyl (C=O) groups excluding carboxylic acids is 1. The van der Waals surface area contributed by atoms with Crippen LogP contribution >= 0.6 is 11.6 Å². The summed E-state index contributed by atoms with van der Waals surface area (Å²) in [4.78, 5) is 11.7. The molecule has 0 spiro atoms. The molecule has 0 aliphatic carbocycles. The molecule has 1 aromatic heterocycles. The molecule has 1 heterocycles. The molecule has 0 aliphatic rings. The highest BCUT2D eigenvalue weighted by Crippen LogP contribution is 2.20. The number of rotatable bonds is 3. The lowest BCUT2D eigenvalue weighted by molar-refractivity contribution is 0.0994. The van der Waals surface area contributed by atoms with E-state index in [0.717, 1.165) is 6.07 Å². The number of amides is 1. The molecule has 1 amide bonds. The molecule has 1 aromatic carbocycles. The van der Waals surface area contributed by atoms with Crippen LogP contribution in [0.2, 0.25) is 5.02 Å². The quantitative estimate of drug-likeness (QED) is 0.899. The van der Waals surface area contributed by atoms with Crippen LogP contribution in [0.5, 0.6) is 0 Å². The summed E-state index contributed by atoms with van der Waals surface area (Å²) in [5, 5.41) is 2.64. The Bertz CT molecular complexity index is 583. The molecule has 3 N–H and O–H groups in total. The van der Waals surface area contributed by atoms with Gasteiger partial charge in [0, 0.05) is 5.02 Å². The predicted octanol–water partition coefficient (Wildman–Crippen LogP) is 2.78. The molecule has 0 atom stereocenters. The van der Waals surface area contributed by atoms with Crippen LogP contribution in [0.3, 0.4) is 0 Å². The lowest BCUT2D eigenvalue weighted by atomic mass is 10.3. The zero-order chi connectivity index (χ0) is 13.1. The van der Waals surface area contributed by atoms with Gasteiger partial charge in [-0.2, -0.15) is 0 Å². The smallest absolute Gasteiger partial charge is 0.291 e. The minimum atomic E-state index is -0.610. The molecule has 2 aromatic rings. The van der Waals surface area contributed by atoms with E-state index in [2.05, 4.69) is 5.32 Å². The lowest BCUT2D eigenvalue weighted by Gasteiger charge is -2.04. The number of anilines is 1. The first-order valence-electron chi connectivity index (χ1n) is 5.15. The number of halogens is 2. The van der Waals surface area contributed by atoms with E-state index in [1.54, 1.807) is 6.07 Å². The van der Waals surface area contributed by atoms with Crippen LogP contribution in [0.25, 0.3) is 0 Å². The summed E-state index contributed by atoms with van der Waals surface area (Å²) in [7, 11) is 0. The van der Waals surface area contributed by atoms with Gasteiger partial charge in [-0.3, -0.25) is 4.79 Å². The highest BCUT2D eigenvalue weighted by atomic mass is 35.5. The molecule has 0 unspecified atom stereocenters. The number of benzene rings is 1. The van der Waals surface area contributed by atoms with Gasteiger partial charge in [-0.1, -0.05) is 11.6 Å². The van der Waals surface area contributed by atoms with Crippen LogP contribution in [0, 0.1) is 5.82 Å². The van der Waals surface area contributed by atoms with Gasteiger partial charge in [0.05, 0.1) is 12.2 Å². The third-order valence-corrected chi connectivity index (χ3v) is 2.50. The Hall–Kier alpha value is -1.85. The predicted molar refractivity (Wildman–Crippen MR) is 66.0 cm³/mol. The van der Waals surface area contributed by atoms with Crippen molar-refractivity contribution in [3.05, 3.63) is 52.7 Å². The molecule has 0 fully saturated rings. The van der Waals surface area contributed by atoms with E-state index in [9.17, 15) is 9.18 Å². The van der Waals surface area contributed by atoms with Gasteiger partial charge in [0.25, 0.3) is 5.91 Å². The molecule has 0 saturated carbocycles. The van der Waals surface area contributed by atoms with Gasteiger partial charge in [0.15, 0.2) is 5.76 Å². The minimum Gasteiger partial charge on any atom is -0.455 e. The first-order chi connectivity index (χ1) is 8.60. The Labute approximate surface area is 108 Å². The largest absolute Gasteiger partial charge is 0.455 e. The van der Waals surface area contributed by atoms with Crippen molar-refractivity contribution >= 4 is 23.2 Å². The summed E-state index contributed by atoms with van der Waals surface area (Å²) >= 11 is 5.61. The first-order valence-corrected chi connectivity index (χ1v) is 5.53. The molecular formula is C12H10ClFN2O2. The third kappa shape index (κ3) is 2.69. The topological polar surface area (TPSA) is 68.3 Å². The van der Waals surface area contributed by atoms with Gasteiger partial charge in [-0.15, -0.1) is 0 Å². The number of furan rings is 1. The highest BCUT2D eigenvalue weighted by molar-refractivity contribution is 6.30. The Morgan fingerprint density at radius 2 is 2.17 bits per heavy atom. The van der Waals surface area contributed by atoms with Crippen molar-refractivity contribution in [2.75, 3.05) is 5.32 Å². The maximum atomic E-state index is 13.4. The Morgan fingerprint density at radius 1 is 1.39 bits per heavy atom. The number of hydrogen-bond acceptors (Lipinski definition) is 3. The molecule has 0 saturated heterocycles. The van der Waals surface area contributed by atoms with Crippen LogP contribution in [0.15, 0.2) is 34.7 Å². The van der Waals surface area contributed by atoms with E-state index >= 15 is 0 Å². The average molecular weight is 269 g/mol. The van der Waals surface area contributed by atoms with Crippen molar-refractivity contribution in [1.29, 1.82) is 0 Å². The van der Waals surface area contributed by atoms with E-state index in [1.807, 2.05) is 0 Å². The van der Waals surface area contributed by atoms with Crippen LogP contribution in [0.4, 0.5) is 10.1 Å². The van der Waals surface area contributed by atoms with Gasteiger partial charge in [-0.25, -0.2) is 4.39 Å². The zero-order valence-corrected chi connectivity index (χ0v) is 10.00. The van der Waals surface area contributed by atoms with Crippen molar-refractivity contribution in [1.82, 2.24) is 0 Å². The number of hydrogen-bond donors (Lipinski definition) is 2. The number of nitrogens with one attached hydrogen (secondary N) is 1. The van der Waals surface area contributed by atoms with Crippen molar-refractivity contribution in [3.63, 3.8) is 0 Å². The minimum absolute atomic E-state index is 0.0371. The van der Waals surface area contributed by atoms with E-state index in [0.29, 0.717) is 5.76 Å². The fraction of sp³-hybridized carbons (Fsp3) is 0.0833. The maximum absolute atomic E-state index is 13.4. The van der Waals surface area contributed by atoms with Crippen LogP contribution < -0.4 is 11.1 Å². The van der Waals surface area contributed by atoms with Crippen molar-refractivity contribution in [3.8, 4) is 0 Å². The van der Waals surface area contributed by atoms with Gasteiger partial charge >= 0.3 is 0 Å². The van der Waals surface area contributed by atoms with Gasteiger partial charge in [-0.05, 0) is 30.3 Å². The summed E-state index contributed by atoms with van der Waals surface area (Å²) < 4.78 is 18.6. The standard InChI is InChI=1S/C12H10ClFN2O2/c13-7-1-3-10(9(14)5-7)16-12(17)11-4-2-8(6-15)18-11/h1-5H,6,15H2,(H,16,17). The van der Waals surface area contributed by atoms with Crippen molar-refractivity contribution in [2.24, 2.45) is 5.73 Å². The molecule has 0 bridgehead atoms. The summed E-state index contributed by atoms with van der Waals surface area (Å²) in [6, 6.07) is 7.04. The van der Waals surface area contributed by atoms with E-state index < -0.39 is 11.7 Å². The monoisotopic (exact) mass is 268 g/mol. The second-order valence-electron chi connectivity index (χ2n) is 3.55. The molecule has 94 valence electrons. The fourth-order valence-corrected chi connectivity index (χ4v) is 1.54. The fourth-order valence-electron chi connectivity index (χ4n) is 1.38. The molecular weight excluding hydrogens is 259 g/mol. The van der Waals surface area contributed by atoms with Gasteiger partial charge in [0.2, 0.25) is 0 Å². The first kappa shape index (κ1) is 12.6. The van der Waals surface area contributed by atoms with E-state index in [-0.39, 0.29) is 23.0 Å². The normalized spacial score (nSPS) is 10.4. The van der Waals surface area contributed by atoms with E-state index in [4.69, 9.17) is 21.8 Å². The van der Waals surface area contributed by atoms with E-state index in [1.165, 1.54) is 18.2 Å². The van der Waals surface area contributed by atoms with Crippen molar-refractivity contribution < 1.29 is 13.6 Å². The van der Waals surface area contributed by atoms with Crippen LogP contribution in [-0.2, 0) is 6.54 Å². The molecule has 6 heteroatoms. The molecule has 18 heavy (non-hydrogen) atoms. The summed E-state index contributed by atoms with van der Waals surface area (Å²) in [5.74, 6) is -0.598. The Kier molecular flexibility index (Phi) is 3.64. The van der Waals surface area contributed by atoms with Crippen molar-refractivity contribution in [2.45, 2.75) is 6.54 Å². The number of carbonyl (C=O) groups is 1. The van der Waals surface area contributed by atoms with Gasteiger partial charge in [0.1, 0.15) is 11.6 Å². The molecule has 0 radical (unpaired) electrons. The Balaban J connectivity index is 2.16. The second kappa shape index (κ2) is 5.20. The van der Waals surface area contributed by atoms with Gasteiger partial charge < -0.3 is 15.5 Å². The third-order valence-electron chi connectivity index (χ3n) is 2.27. The molecule has 2 rings (SSSR count). The number of nitrogens with two attached hydrogens (primary N) is 1. The van der Waals surface area contributed by atoms with Crippen LogP contribution in [-0.4, -0.2) is 5.91 Å². The second-order valence-corrected chi connectivity index (χ2v) is 3.98.